The number of rotatable bonds is 28. The van der Waals surface area contributed by atoms with Crippen molar-refractivity contribution in [2.45, 2.75) is 135 Å². The van der Waals surface area contributed by atoms with Gasteiger partial charge < -0.3 is 22.8 Å². The topological polar surface area (TPSA) is 63.2 Å². The highest BCUT2D eigenvalue weighted by Gasteiger charge is 2.36. The Balaban J connectivity index is 3.27. The Labute approximate surface area is 218 Å². The first kappa shape index (κ1) is 34.5. The van der Waals surface area contributed by atoms with Crippen LogP contribution in [0, 0.1) is 0 Å². The van der Waals surface area contributed by atoms with Gasteiger partial charge in [0.05, 0.1) is 6.61 Å². The molecule has 0 saturated carbocycles. The van der Waals surface area contributed by atoms with Crippen molar-refractivity contribution in [1.82, 2.24) is 0 Å². The summed E-state index contributed by atoms with van der Waals surface area (Å²) in [5.74, 6) is -0.171. The maximum atomic E-state index is 11.8. The highest BCUT2D eigenvalue weighted by molar-refractivity contribution is 6.60. The van der Waals surface area contributed by atoms with Crippen LogP contribution in [0.25, 0.3) is 0 Å². The van der Waals surface area contributed by atoms with E-state index in [1.54, 1.807) is 21.3 Å². The zero-order valence-corrected chi connectivity index (χ0v) is 24.7. The van der Waals surface area contributed by atoms with Gasteiger partial charge in [-0.05, 0) is 19.3 Å². The minimum absolute atomic E-state index is 0.171. The van der Waals surface area contributed by atoms with Gasteiger partial charge in [0, 0.05) is 40.4 Å². The number of carbonyl (C=O) groups excluding carboxylic acids is 1. The van der Waals surface area contributed by atoms with E-state index in [0.29, 0.717) is 25.7 Å². The molecule has 0 aliphatic rings. The van der Waals surface area contributed by atoms with Crippen molar-refractivity contribution in [2.24, 2.45) is 0 Å². The molecule has 6 nitrogen and oxygen atoms in total. The molecule has 0 bridgehead atoms. The van der Waals surface area contributed by atoms with Crippen molar-refractivity contribution in [2.75, 3.05) is 41.2 Å². The quantitative estimate of drug-likeness (QED) is 0.0597. The fourth-order valence-electron chi connectivity index (χ4n) is 4.31. The maximum absolute atomic E-state index is 11.8. The lowest BCUT2D eigenvalue weighted by atomic mass is 10.0. The van der Waals surface area contributed by atoms with E-state index in [2.05, 4.69) is 6.92 Å². The molecule has 0 rings (SSSR count). The van der Waals surface area contributed by atoms with E-state index >= 15 is 0 Å². The van der Waals surface area contributed by atoms with Crippen LogP contribution >= 0.6 is 0 Å². The molecule has 0 atom stereocenters. The molecular formula is C28H58O6Si. The standard InChI is InChI=1S/C28H58O6Si/c1-5-6-7-8-9-10-11-12-13-14-15-16-17-18-19-21-24-33-25-26-34-28(29)23-20-22-27-35(30-2,31-3)32-4/h5-27H2,1-4H3. The summed E-state index contributed by atoms with van der Waals surface area (Å²) >= 11 is 0. The van der Waals surface area contributed by atoms with E-state index in [-0.39, 0.29) is 5.97 Å². The molecule has 0 N–H and O–H groups in total. The van der Waals surface area contributed by atoms with Gasteiger partial charge in [-0.25, -0.2) is 0 Å². The van der Waals surface area contributed by atoms with Crippen LogP contribution in [0.1, 0.15) is 129 Å². The second-order valence-corrected chi connectivity index (χ2v) is 12.7. The minimum Gasteiger partial charge on any atom is -0.463 e. The molecule has 210 valence electrons. The fourth-order valence-corrected chi connectivity index (χ4v) is 6.10. The van der Waals surface area contributed by atoms with Crippen LogP contribution < -0.4 is 0 Å². The summed E-state index contributed by atoms with van der Waals surface area (Å²) in [5.41, 5.74) is 0. The predicted octanol–water partition coefficient (Wildman–Crippen LogP) is 7.86. The molecule has 35 heavy (non-hydrogen) atoms. The van der Waals surface area contributed by atoms with Crippen molar-refractivity contribution in [3.8, 4) is 0 Å². The Morgan fingerprint density at radius 3 is 1.46 bits per heavy atom. The molecule has 0 radical (unpaired) electrons. The van der Waals surface area contributed by atoms with Crippen molar-refractivity contribution in [3.05, 3.63) is 0 Å². The first-order chi connectivity index (χ1) is 17.1. The summed E-state index contributed by atoms with van der Waals surface area (Å²) < 4.78 is 27.0. The molecule has 0 spiro atoms. The zero-order valence-electron chi connectivity index (χ0n) is 23.7. The molecule has 0 fully saturated rings. The van der Waals surface area contributed by atoms with Crippen molar-refractivity contribution >= 4 is 14.8 Å². The van der Waals surface area contributed by atoms with Gasteiger partial charge >= 0.3 is 14.8 Å². The van der Waals surface area contributed by atoms with E-state index in [4.69, 9.17) is 22.8 Å². The Bertz CT molecular complexity index is 437. The first-order valence-electron chi connectivity index (χ1n) is 14.5. The van der Waals surface area contributed by atoms with Gasteiger partial charge in [0.25, 0.3) is 0 Å². The van der Waals surface area contributed by atoms with Crippen molar-refractivity contribution < 1.29 is 27.5 Å². The summed E-state index contributed by atoms with van der Waals surface area (Å²) in [6.45, 7) is 3.86. The van der Waals surface area contributed by atoms with E-state index in [9.17, 15) is 4.79 Å². The molecule has 0 amide bonds. The van der Waals surface area contributed by atoms with Gasteiger partial charge in [0.2, 0.25) is 0 Å². The van der Waals surface area contributed by atoms with Crippen LogP contribution in [0.5, 0.6) is 0 Å². The molecule has 0 aromatic heterocycles. The Hall–Kier alpha value is -0.473. The molecule has 0 aliphatic heterocycles. The molecule has 0 saturated heterocycles. The number of carbonyl (C=O) groups is 1. The molecule has 7 heteroatoms. The van der Waals surface area contributed by atoms with Crippen LogP contribution in [0.15, 0.2) is 0 Å². The van der Waals surface area contributed by atoms with Gasteiger partial charge in [-0.3, -0.25) is 4.79 Å². The van der Waals surface area contributed by atoms with Gasteiger partial charge in [0.15, 0.2) is 0 Å². The molecule has 0 aromatic rings. The predicted molar refractivity (Wildman–Crippen MR) is 147 cm³/mol. The average molecular weight is 519 g/mol. The second kappa shape index (κ2) is 26.6. The zero-order chi connectivity index (χ0) is 25.9. The van der Waals surface area contributed by atoms with Crippen LogP contribution in [-0.2, 0) is 27.5 Å². The number of esters is 1. The number of hydrogen-bond acceptors (Lipinski definition) is 6. The second-order valence-electron chi connectivity index (χ2n) is 9.64. The van der Waals surface area contributed by atoms with Crippen LogP contribution in [0.3, 0.4) is 0 Å². The smallest absolute Gasteiger partial charge is 0.463 e. The maximum Gasteiger partial charge on any atom is 0.500 e. The number of ether oxygens (including phenoxy) is 2. The van der Waals surface area contributed by atoms with Crippen LogP contribution in [0.4, 0.5) is 0 Å². The SMILES string of the molecule is CCCCCCCCCCCCCCCCCCOCCOC(=O)CCCC[Si](OC)(OC)OC. The Morgan fingerprint density at radius 1 is 0.543 bits per heavy atom. The highest BCUT2D eigenvalue weighted by Crippen LogP contribution is 2.17. The third-order valence-corrected chi connectivity index (χ3v) is 9.51. The van der Waals surface area contributed by atoms with Crippen LogP contribution in [-0.4, -0.2) is 55.9 Å². The Kier molecular flexibility index (Phi) is 26.2. The molecule has 0 heterocycles. The minimum atomic E-state index is -2.53. The third-order valence-electron chi connectivity index (χ3n) is 6.68. The van der Waals surface area contributed by atoms with Crippen LogP contribution in [0.2, 0.25) is 6.04 Å². The summed E-state index contributed by atoms with van der Waals surface area (Å²) in [5, 5.41) is 0. The van der Waals surface area contributed by atoms with Gasteiger partial charge in [-0.15, -0.1) is 0 Å². The average Bonchev–Trinajstić information content (AvgIpc) is 2.88. The lowest BCUT2D eigenvalue weighted by Gasteiger charge is -2.24. The van der Waals surface area contributed by atoms with Crippen molar-refractivity contribution in [3.63, 3.8) is 0 Å². The first-order valence-corrected chi connectivity index (χ1v) is 16.5. The summed E-state index contributed by atoms with van der Waals surface area (Å²) in [6, 6.07) is 0.701. The summed E-state index contributed by atoms with van der Waals surface area (Å²) in [7, 11) is 2.28. The van der Waals surface area contributed by atoms with E-state index < -0.39 is 8.80 Å². The van der Waals surface area contributed by atoms with Crippen molar-refractivity contribution in [1.29, 1.82) is 0 Å². The monoisotopic (exact) mass is 518 g/mol. The number of unbranched alkanes of at least 4 members (excludes halogenated alkanes) is 16. The van der Waals surface area contributed by atoms with Gasteiger partial charge in [-0.1, -0.05) is 103 Å². The fraction of sp³-hybridized carbons (Fsp3) is 0.964. The normalized spacial score (nSPS) is 11.8. The van der Waals surface area contributed by atoms with Gasteiger partial charge in [-0.2, -0.15) is 0 Å². The lowest BCUT2D eigenvalue weighted by molar-refractivity contribution is -0.145. The third kappa shape index (κ3) is 22.5. The Morgan fingerprint density at radius 2 is 1.00 bits per heavy atom. The van der Waals surface area contributed by atoms with E-state index in [1.807, 2.05) is 0 Å². The molecule has 0 aromatic carbocycles. The van der Waals surface area contributed by atoms with E-state index in [1.165, 1.54) is 96.3 Å². The highest BCUT2D eigenvalue weighted by atomic mass is 28.4. The molecule has 0 unspecified atom stereocenters. The molecular weight excluding hydrogens is 460 g/mol. The summed E-state index contributed by atoms with van der Waals surface area (Å²) in [4.78, 5) is 11.8. The van der Waals surface area contributed by atoms with E-state index in [0.717, 1.165) is 25.9 Å². The largest absolute Gasteiger partial charge is 0.500 e. The van der Waals surface area contributed by atoms with Gasteiger partial charge in [0.1, 0.15) is 6.61 Å². The number of hydrogen-bond donors (Lipinski definition) is 0. The lowest BCUT2D eigenvalue weighted by Crippen LogP contribution is -2.42. The molecule has 0 aliphatic carbocycles. The summed E-state index contributed by atoms with van der Waals surface area (Å²) in [6.07, 6.45) is 23.9.